The first-order valence-electron chi connectivity index (χ1n) is 7.95. The van der Waals surface area contributed by atoms with Gasteiger partial charge in [-0.05, 0) is 26.0 Å². The molecule has 0 bridgehead atoms. The third kappa shape index (κ3) is 3.19. The largest absolute Gasteiger partial charge is 0.451 e. The third-order valence-electron chi connectivity index (χ3n) is 4.09. The van der Waals surface area contributed by atoms with Gasteiger partial charge in [0, 0.05) is 34.3 Å². The number of nitro benzene ring substituents is 1. The number of nitrogens with zero attached hydrogens (tertiary/aromatic N) is 1. The molecule has 0 aliphatic carbocycles. The van der Waals surface area contributed by atoms with Gasteiger partial charge >= 0.3 is 5.97 Å². The van der Waals surface area contributed by atoms with E-state index in [1.54, 1.807) is 6.92 Å². The van der Waals surface area contributed by atoms with Crippen LogP contribution in [0.4, 0.5) is 5.69 Å². The van der Waals surface area contributed by atoms with E-state index in [1.165, 1.54) is 25.1 Å². The lowest BCUT2D eigenvalue weighted by Gasteiger charge is -2.12. The van der Waals surface area contributed by atoms with Crippen LogP contribution in [0, 0.1) is 17.0 Å². The number of aryl methyl sites for hydroxylation is 1. The highest BCUT2D eigenvalue weighted by Crippen LogP contribution is 2.24. The Morgan fingerprint density at radius 3 is 2.62 bits per heavy atom. The number of Topliss-reactive ketones (excluding diaryl/α,β-unsaturated/α-hetero) is 1. The SMILES string of the molecule is Cc1[nH]c2ccccc2c1C(=O)[C@@H](C)OC(=O)c1cccc([N+](=O)[O-])c1. The van der Waals surface area contributed by atoms with Gasteiger partial charge in [-0.3, -0.25) is 14.9 Å². The number of hydrogen-bond donors (Lipinski definition) is 1. The number of ether oxygens (including phenoxy) is 1. The summed E-state index contributed by atoms with van der Waals surface area (Å²) in [7, 11) is 0. The number of aromatic amines is 1. The van der Waals surface area contributed by atoms with E-state index in [9.17, 15) is 19.7 Å². The zero-order chi connectivity index (χ0) is 18.8. The first-order chi connectivity index (χ1) is 12.4. The molecule has 7 nitrogen and oxygen atoms in total. The van der Waals surface area contributed by atoms with Gasteiger partial charge < -0.3 is 9.72 Å². The van der Waals surface area contributed by atoms with E-state index in [1.807, 2.05) is 24.3 Å². The number of ketones is 1. The van der Waals surface area contributed by atoms with E-state index in [0.29, 0.717) is 11.3 Å². The second-order valence-electron chi connectivity index (χ2n) is 5.89. The van der Waals surface area contributed by atoms with Gasteiger partial charge in [0.2, 0.25) is 5.78 Å². The van der Waals surface area contributed by atoms with Gasteiger partial charge in [0.05, 0.1) is 10.5 Å². The fraction of sp³-hybridized carbons (Fsp3) is 0.158. The Hall–Kier alpha value is -3.48. The van der Waals surface area contributed by atoms with Crippen LogP contribution in [0.25, 0.3) is 10.9 Å². The quantitative estimate of drug-likeness (QED) is 0.325. The third-order valence-corrected chi connectivity index (χ3v) is 4.09. The van der Waals surface area contributed by atoms with Gasteiger partial charge in [-0.25, -0.2) is 4.79 Å². The molecule has 1 N–H and O–H groups in total. The average Bonchev–Trinajstić information content (AvgIpc) is 2.96. The molecule has 1 aromatic heterocycles. The lowest BCUT2D eigenvalue weighted by atomic mass is 10.0. The number of hydrogen-bond acceptors (Lipinski definition) is 5. The molecule has 0 radical (unpaired) electrons. The normalized spacial score (nSPS) is 11.9. The number of nitro groups is 1. The van der Waals surface area contributed by atoms with Crippen molar-refractivity contribution in [2.24, 2.45) is 0 Å². The molecule has 132 valence electrons. The Morgan fingerprint density at radius 2 is 1.88 bits per heavy atom. The van der Waals surface area contributed by atoms with Crippen LogP contribution in [0.1, 0.15) is 33.3 Å². The Kier molecular flexibility index (Phi) is 4.53. The molecule has 26 heavy (non-hydrogen) atoms. The first-order valence-corrected chi connectivity index (χ1v) is 7.95. The number of nitrogens with one attached hydrogen (secondary N) is 1. The molecule has 7 heteroatoms. The molecule has 0 fully saturated rings. The molecule has 0 unspecified atom stereocenters. The highest BCUT2D eigenvalue weighted by Gasteiger charge is 2.25. The number of rotatable bonds is 5. The maximum atomic E-state index is 12.8. The summed E-state index contributed by atoms with van der Waals surface area (Å²) in [6.07, 6.45) is -1.03. The standard InChI is InChI=1S/C19H16N2O5/c1-11-17(15-8-3-4-9-16(15)20-11)18(22)12(2)26-19(23)13-6-5-7-14(10-13)21(24)25/h3-10,12,20H,1-2H3/t12-/m1/s1. The number of para-hydroxylation sites is 1. The lowest BCUT2D eigenvalue weighted by Crippen LogP contribution is -2.25. The average molecular weight is 352 g/mol. The molecule has 2 aromatic carbocycles. The highest BCUT2D eigenvalue weighted by atomic mass is 16.6. The lowest BCUT2D eigenvalue weighted by molar-refractivity contribution is -0.384. The minimum atomic E-state index is -1.03. The highest BCUT2D eigenvalue weighted by molar-refractivity contribution is 6.11. The van der Waals surface area contributed by atoms with Gasteiger partial charge in [-0.15, -0.1) is 0 Å². The van der Waals surface area contributed by atoms with E-state index >= 15 is 0 Å². The molecular formula is C19H16N2O5. The summed E-state index contributed by atoms with van der Waals surface area (Å²) in [4.78, 5) is 38.4. The topological polar surface area (TPSA) is 102 Å². The number of fused-ring (bicyclic) bond motifs is 1. The molecule has 3 rings (SSSR count). The number of H-pyrrole nitrogens is 1. The number of carbonyl (C=O) groups is 2. The monoisotopic (exact) mass is 352 g/mol. The van der Waals surface area contributed by atoms with Crippen LogP contribution in [-0.4, -0.2) is 27.8 Å². The summed E-state index contributed by atoms with van der Waals surface area (Å²) < 4.78 is 5.24. The number of non-ortho nitro benzene ring substituents is 1. The number of benzene rings is 2. The van der Waals surface area contributed by atoms with E-state index in [4.69, 9.17) is 4.74 Å². The van der Waals surface area contributed by atoms with Crippen LogP contribution in [0.3, 0.4) is 0 Å². The predicted molar refractivity (Wildman–Crippen MR) is 95.3 cm³/mol. The summed E-state index contributed by atoms with van der Waals surface area (Å²) in [5.41, 5.74) is 1.79. The molecule has 0 spiro atoms. The van der Waals surface area contributed by atoms with Crippen molar-refractivity contribution < 1.29 is 19.2 Å². The van der Waals surface area contributed by atoms with Crippen molar-refractivity contribution in [2.45, 2.75) is 20.0 Å². The summed E-state index contributed by atoms with van der Waals surface area (Å²) in [5.74, 6) is -1.12. The van der Waals surface area contributed by atoms with Crippen LogP contribution in [0.15, 0.2) is 48.5 Å². The molecular weight excluding hydrogens is 336 g/mol. The maximum absolute atomic E-state index is 12.8. The molecule has 3 aromatic rings. The fourth-order valence-corrected chi connectivity index (χ4v) is 2.83. The van der Waals surface area contributed by atoms with Crippen LogP contribution in [0.5, 0.6) is 0 Å². The van der Waals surface area contributed by atoms with Crippen molar-refractivity contribution in [2.75, 3.05) is 0 Å². The van der Waals surface area contributed by atoms with E-state index in [-0.39, 0.29) is 17.0 Å². The van der Waals surface area contributed by atoms with Crippen molar-refractivity contribution in [3.63, 3.8) is 0 Å². The van der Waals surface area contributed by atoms with Gasteiger partial charge in [-0.1, -0.05) is 24.3 Å². The summed E-state index contributed by atoms with van der Waals surface area (Å²) in [5, 5.41) is 11.6. The van der Waals surface area contributed by atoms with Crippen molar-refractivity contribution in [1.29, 1.82) is 0 Å². The van der Waals surface area contributed by atoms with Crippen molar-refractivity contribution in [3.05, 3.63) is 75.5 Å². The van der Waals surface area contributed by atoms with Crippen LogP contribution >= 0.6 is 0 Å². The summed E-state index contributed by atoms with van der Waals surface area (Å²) in [6, 6.07) is 12.6. The fourth-order valence-electron chi connectivity index (χ4n) is 2.83. The molecule has 0 aliphatic heterocycles. The van der Waals surface area contributed by atoms with Crippen LogP contribution < -0.4 is 0 Å². The second-order valence-corrected chi connectivity index (χ2v) is 5.89. The van der Waals surface area contributed by atoms with E-state index in [0.717, 1.165) is 17.0 Å². The van der Waals surface area contributed by atoms with E-state index in [2.05, 4.69) is 4.98 Å². The number of carbonyl (C=O) groups excluding carboxylic acids is 2. The first kappa shape index (κ1) is 17.3. The van der Waals surface area contributed by atoms with Gasteiger partial charge in [0.1, 0.15) is 0 Å². The molecule has 0 aliphatic rings. The number of esters is 1. The zero-order valence-electron chi connectivity index (χ0n) is 14.2. The predicted octanol–water partition coefficient (Wildman–Crippen LogP) is 3.81. The smallest absolute Gasteiger partial charge is 0.339 e. The minimum absolute atomic E-state index is 0.0227. The van der Waals surface area contributed by atoms with Crippen LogP contribution in [0.2, 0.25) is 0 Å². The minimum Gasteiger partial charge on any atom is -0.451 e. The molecule has 0 saturated carbocycles. The van der Waals surface area contributed by atoms with Gasteiger partial charge in [0.25, 0.3) is 5.69 Å². The van der Waals surface area contributed by atoms with Crippen molar-refractivity contribution in [3.8, 4) is 0 Å². The summed E-state index contributed by atoms with van der Waals surface area (Å²) >= 11 is 0. The molecule has 1 atom stereocenters. The summed E-state index contributed by atoms with van der Waals surface area (Å²) in [6.45, 7) is 3.27. The second kappa shape index (κ2) is 6.79. The molecule has 0 amide bonds. The Labute approximate surface area is 148 Å². The van der Waals surface area contributed by atoms with Gasteiger partial charge in [0.15, 0.2) is 6.10 Å². The van der Waals surface area contributed by atoms with Crippen LogP contribution in [-0.2, 0) is 4.74 Å². The number of aromatic nitrogens is 1. The van der Waals surface area contributed by atoms with Crippen molar-refractivity contribution >= 4 is 28.3 Å². The van der Waals surface area contributed by atoms with Crippen molar-refractivity contribution in [1.82, 2.24) is 4.98 Å². The van der Waals surface area contributed by atoms with E-state index < -0.39 is 17.0 Å². The Morgan fingerprint density at radius 1 is 1.15 bits per heavy atom. The zero-order valence-corrected chi connectivity index (χ0v) is 14.2. The molecule has 1 heterocycles. The van der Waals surface area contributed by atoms with Gasteiger partial charge in [-0.2, -0.15) is 0 Å². The Balaban J connectivity index is 1.83. The Bertz CT molecular complexity index is 1020. The molecule has 0 saturated heterocycles. The maximum Gasteiger partial charge on any atom is 0.339 e.